The molecule has 2 rings (SSSR count). The minimum absolute atomic E-state index is 0.103. The van der Waals surface area contributed by atoms with E-state index in [9.17, 15) is 0 Å². The van der Waals surface area contributed by atoms with Crippen LogP contribution in [0, 0.1) is 6.92 Å². The number of aryl methyl sites for hydroxylation is 3. The van der Waals surface area contributed by atoms with E-state index in [1.165, 1.54) is 16.8 Å². The van der Waals surface area contributed by atoms with Crippen LogP contribution in [0.15, 0.2) is 36.5 Å². The van der Waals surface area contributed by atoms with Crippen molar-refractivity contribution in [3.8, 4) is 0 Å². The molecule has 1 aromatic heterocycles. The van der Waals surface area contributed by atoms with E-state index in [0.29, 0.717) is 0 Å². The van der Waals surface area contributed by atoms with Crippen molar-refractivity contribution in [1.29, 1.82) is 0 Å². The fraction of sp³-hybridized carbons (Fsp3) is 0.357. The second kappa shape index (κ2) is 5.15. The van der Waals surface area contributed by atoms with Crippen LogP contribution in [0.4, 0.5) is 0 Å². The van der Waals surface area contributed by atoms with Crippen molar-refractivity contribution >= 4 is 0 Å². The van der Waals surface area contributed by atoms with Gasteiger partial charge in [-0.3, -0.25) is 4.68 Å². The molecule has 1 heterocycles. The second-order valence-corrected chi connectivity index (χ2v) is 4.45. The lowest BCUT2D eigenvalue weighted by atomic mass is 9.98. The predicted molar refractivity (Wildman–Crippen MR) is 69.6 cm³/mol. The van der Waals surface area contributed by atoms with Crippen LogP contribution in [0.1, 0.15) is 29.3 Å². The van der Waals surface area contributed by atoms with Crippen LogP contribution in [-0.2, 0) is 13.5 Å². The van der Waals surface area contributed by atoms with E-state index in [1.807, 2.05) is 36.1 Å². The lowest BCUT2D eigenvalue weighted by molar-refractivity contribution is 0.612. The molecule has 0 aliphatic rings. The van der Waals surface area contributed by atoms with Crippen LogP contribution in [0.2, 0.25) is 0 Å². The molecule has 0 amide bonds. The largest absolute Gasteiger partial charge is 0.324 e. The Kier molecular flexibility index (Phi) is 3.59. The first-order chi connectivity index (χ1) is 8.18. The van der Waals surface area contributed by atoms with E-state index in [-0.39, 0.29) is 6.04 Å². The Balaban J connectivity index is 2.01. The van der Waals surface area contributed by atoms with Gasteiger partial charge in [0, 0.05) is 25.0 Å². The molecule has 0 bridgehead atoms. The molecule has 0 aliphatic carbocycles. The summed E-state index contributed by atoms with van der Waals surface area (Å²) in [6.45, 7) is 2.11. The first kappa shape index (κ1) is 11.9. The summed E-state index contributed by atoms with van der Waals surface area (Å²) in [5, 5.41) is 4.16. The summed E-state index contributed by atoms with van der Waals surface area (Å²) in [7, 11) is 1.97. The molecule has 1 aromatic carbocycles. The summed E-state index contributed by atoms with van der Waals surface area (Å²) in [6.07, 6.45) is 3.74. The van der Waals surface area contributed by atoms with E-state index in [0.717, 1.165) is 12.8 Å². The van der Waals surface area contributed by atoms with Crippen LogP contribution in [0.3, 0.4) is 0 Å². The SMILES string of the molecule is Cc1ccccc1C(N)CCc1ccnn1C. The molecule has 3 heteroatoms. The third-order valence-electron chi connectivity index (χ3n) is 3.22. The van der Waals surface area contributed by atoms with Crippen molar-refractivity contribution in [3.05, 3.63) is 53.3 Å². The highest BCUT2D eigenvalue weighted by Gasteiger charge is 2.09. The maximum atomic E-state index is 6.23. The quantitative estimate of drug-likeness (QED) is 0.874. The molecular weight excluding hydrogens is 210 g/mol. The molecule has 2 aromatic rings. The van der Waals surface area contributed by atoms with Gasteiger partial charge in [-0.25, -0.2) is 0 Å². The van der Waals surface area contributed by atoms with Gasteiger partial charge in [0.15, 0.2) is 0 Å². The first-order valence-corrected chi connectivity index (χ1v) is 5.96. The van der Waals surface area contributed by atoms with Crippen molar-refractivity contribution in [2.24, 2.45) is 12.8 Å². The fourth-order valence-electron chi connectivity index (χ4n) is 2.11. The average Bonchev–Trinajstić information content (AvgIpc) is 2.72. The zero-order valence-corrected chi connectivity index (χ0v) is 10.4. The zero-order chi connectivity index (χ0) is 12.3. The molecule has 0 radical (unpaired) electrons. The smallest absolute Gasteiger partial charge is 0.0492 e. The molecule has 1 atom stereocenters. The third kappa shape index (κ3) is 2.74. The molecule has 90 valence electrons. The molecule has 1 unspecified atom stereocenters. The van der Waals surface area contributed by atoms with Gasteiger partial charge in [0.25, 0.3) is 0 Å². The Morgan fingerprint density at radius 1 is 1.29 bits per heavy atom. The minimum Gasteiger partial charge on any atom is -0.324 e. The molecule has 2 N–H and O–H groups in total. The summed E-state index contributed by atoms with van der Waals surface area (Å²) >= 11 is 0. The highest BCUT2D eigenvalue weighted by atomic mass is 15.2. The van der Waals surface area contributed by atoms with Crippen molar-refractivity contribution in [2.45, 2.75) is 25.8 Å². The van der Waals surface area contributed by atoms with E-state index >= 15 is 0 Å². The number of nitrogens with zero attached hydrogens (tertiary/aromatic N) is 2. The van der Waals surface area contributed by atoms with Crippen molar-refractivity contribution in [3.63, 3.8) is 0 Å². The number of hydrogen-bond donors (Lipinski definition) is 1. The lowest BCUT2D eigenvalue weighted by Gasteiger charge is -2.14. The molecule has 0 saturated heterocycles. The van der Waals surface area contributed by atoms with Crippen LogP contribution in [0.5, 0.6) is 0 Å². The Hall–Kier alpha value is -1.61. The summed E-state index contributed by atoms with van der Waals surface area (Å²) in [6, 6.07) is 10.5. The van der Waals surface area contributed by atoms with Crippen LogP contribution >= 0.6 is 0 Å². The van der Waals surface area contributed by atoms with Gasteiger partial charge in [0.05, 0.1) is 0 Å². The number of rotatable bonds is 4. The van der Waals surface area contributed by atoms with Gasteiger partial charge in [-0.1, -0.05) is 24.3 Å². The van der Waals surface area contributed by atoms with Crippen LogP contribution in [0.25, 0.3) is 0 Å². The first-order valence-electron chi connectivity index (χ1n) is 5.96. The van der Waals surface area contributed by atoms with E-state index in [2.05, 4.69) is 24.2 Å². The summed E-state index contributed by atoms with van der Waals surface area (Å²) < 4.78 is 1.91. The third-order valence-corrected chi connectivity index (χ3v) is 3.22. The standard InChI is InChI=1S/C14H19N3/c1-11-5-3-4-6-13(11)14(15)8-7-12-9-10-16-17(12)2/h3-6,9-10,14H,7-8,15H2,1-2H3. The summed E-state index contributed by atoms with van der Waals surface area (Å²) in [5.41, 5.74) is 9.98. The van der Waals surface area contributed by atoms with Gasteiger partial charge in [0.2, 0.25) is 0 Å². The number of hydrogen-bond acceptors (Lipinski definition) is 2. The molecule has 0 spiro atoms. The molecular formula is C14H19N3. The average molecular weight is 229 g/mol. The molecule has 0 fully saturated rings. The van der Waals surface area contributed by atoms with Gasteiger partial charge >= 0.3 is 0 Å². The normalized spacial score (nSPS) is 12.6. The van der Waals surface area contributed by atoms with Gasteiger partial charge in [-0.05, 0) is 37.0 Å². The topological polar surface area (TPSA) is 43.8 Å². The maximum absolute atomic E-state index is 6.23. The monoisotopic (exact) mass is 229 g/mol. The molecule has 3 nitrogen and oxygen atoms in total. The predicted octanol–water partition coefficient (Wildman–Crippen LogP) is 2.36. The fourth-order valence-corrected chi connectivity index (χ4v) is 2.11. The van der Waals surface area contributed by atoms with Gasteiger partial charge in [-0.15, -0.1) is 0 Å². The molecule has 0 saturated carbocycles. The zero-order valence-electron chi connectivity index (χ0n) is 10.4. The Morgan fingerprint density at radius 3 is 2.71 bits per heavy atom. The second-order valence-electron chi connectivity index (χ2n) is 4.45. The van der Waals surface area contributed by atoms with E-state index in [1.54, 1.807) is 0 Å². The van der Waals surface area contributed by atoms with Gasteiger partial charge in [-0.2, -0.15) is 5.10 Å². The van der Waals surface area contributed by atoms with E-state index in [4.69, 9.17) is 5.73 Å². The summed E-state index contributed by atoms with van der Waals surface area (Å²) in [4.78, 5) is 0. The molecule has 0 aliphatic heterocycles. The minimum atomic E-state index is 0.103. The van der Waals surface area contributed by atoms with Crippen LogP contribution in [-0.4, -0.2) is 9.78 Å². The van der Waals surface area contributed by atoms with E-state index < -0.39 is 0 Å². The maximum Gasteiger partial charge on any atom is 0.0492 e. The van der Waals surface area contributed by atoms with Gasteiger partial charge < -0.3 is 5.73 Å². The highest BCUT2D eigenvalue weighted by molar-refractivity contribution is 5.28. The number of benzene rings is 1. The lowest BCUT2D eigenvalue weighted by Crippen LogP contribution is -2.13. The van der Waals surface area contributed by atoms with Crippen molar-refractivity contribution < 1.29 is 0 Å². The number of nitrogens with two attached hydrogens (primary N) is 1. The van der Waals surface area contributed by atoms with Gasteiger partial charge in [0.1, 0.15) is 0 Å². The van der Waals surface area contributed by atoms with Crippen molar-refractivity contribution in [1.82, 2.24) is 9.78 Å². The Morgan fingerprint density at radius 2 is 2.06 bits per heavy atom. The van der Waals surface area contributed by atoms with Crippen molar-refractivity contribution in [2.75, 3.05) is 0 Å². The highest BCUT2D eigenvalue weighted by Crippen LogP contribution is 2.19. The Labute approximate surface area is 102 Å². The summed E-state index contributed by atoms with van der Waals surface area (Å²) in [5.74, 6) is 0. The Bertz CT molecular complexity index is 488. The number of aromatic nitrogens is 2. The van der Waals surface area contributed by atoms with Crippen LogP contribution < -0.4 is 5.73 Å². The molecule has 17 heavy (non-hydrogen) atoms.